The Morgan fingerprint density at radius 2 is 2.18 bits per heavy atom. The van der Waals surface area contributed by atoms with Crippen molar-refractivity contribution < 1.29 is 14.0 Å². The van der Waals surface area contributed by atoms with E-state index in [1.54, 1.807) is 31.3 Å². The molecule has 3 rings (SSSR count). The van der Waals surface area contributed by atoms with Crippen LogP contribution in [0.5, 0.6) is 0 Å². The van der Waals surface area contributed by atoms with Crippen LogP contribution in [-0.4, -0.2) is 51.2 Å². The van der Waals surface area contributed by atoms with E-state index in [0.717, 1.165) is 0 Å². The first-order valence-electron chi connectivity index (χ1n) is 8.57. The predicted octanol–water partition coefficient (Wildman–Crippen LogP) is 1.18. The first kappa shape index (κ1) is 19.4. The van der Waals surface area contributed by atoms with E-state index in [1.165, 1.54) is 22.9 Å². The quantitative estimate of drug-likeness (QED) is 0.586. The van der Waals surface area contributed by atoms with Gasteiger partial charge >= 0.3 is 0 Å². The third kappa shape index (κ3) is 4.29. The summed E-state index contributed by atoms with van der Waals surface area (Å²) in [6, 6.07) is 0.670. The topological polar surface area (TPSA) is 119 Å². The summed E-state index contributed by atoms with van der Waals surface area (Å²) >= 11 is 0. The van der Waals surface area contributed by atoms with Crippen molar-refractivity contribution in [2.75, 3.05) is 23.8 Å². The zero-order chi connectivity index (χ0) is 20.3. The number of fused-ring (bicyclic) bond motifs is 1. The Morgan fingerprint density at radius 3 is 2.86 bits per heavy atom. The lowest BCUT2D eigenvalue weighted by molar-refractivity contribution is -0.108. The average molecular weight is 385 g/mol. The third-order valence-corrected chi connectivity index (χ3v) is 4.12. The summed E-state index contributed by atoms with van der Waals surface area (Å²) in [7, 11) is 1.78. The van der Waals surface area contributed by atoms with Crippen LogP contribution in [0.25, 0.3) is 5.65 Å². The van der Waals surface area contributed by atoms with Gasteiger partial charge in [-0.2, -0.15) is 0 Å². The monoisotopic (exact) mass is 385 g/mol. The highest BCUT2D eigenvalue weighted by atomic mass is 19.1. The summed E-state index contributed by atoms with van der Waals surface area (Å²) in [5.41, 5.74) is 6.79. The summed E-state index contributed by atoms with van der Waals surface area (Å²) in [6.45, 7) is 2.27. The van der Waals surface area contributed by atoms with Crippen molar-refractivity contribution >= 4 is 29.3 Å². The van der Waals surface area contributed by atoms with Crippen LogP contribution < -0.4 is 16.0 Å². The molecule has 3 N–H and O–H groups in total. The molecule has 0 saturated heterocycles. The van der Waals surface area contributed by atoms with Gasteiger partial charge in [0.15, 0.2) is 11.5 Å². The van der Waals surface area contributed by atoms with Crippen molar-refractivity contribution in [2.45, 2.75) is 19.4 Å². The molecule has 0 aliphatic carbocycles. The molecule has 3 heterocycles. The van der Waals surface area contributed by atoms with Crippen LogP contribution in [-0.2, 0) is 4.79 Å². The number of imidazole rings is 1. The Kier molecular flexibility index (Phi) is 5.59. The van der Waals surface area contributed by atoms with Crippen LogP contribution in [0.3, 0.4) is 0 Å². The van der Waals surface area contributed by atoms with E-state index in [2.05, 4.69) is 20.3 Å². The number of aromatic nitrogens is 4. The fraction of sp³-hybridized carbons (Fsp3) is 0.278. The van der Waals surface area contributed by atoms with Crippen molar-refractivity contribution in [3.8, 4) is 0 Å². The van der Waals surface area contributed by atoms with Gasteiger partial charge in [0, 0.05) is 32.1 Å². The predicted molar refractivity (Wildman–Crippen MR) is 102 cm³/mol. The molecule has 0 saturated carbocycles. The van der Waals surface area contributed by atoms with Crippen molar-refractivity contribution in [3.05, 3.63) is 48.1 Å². The van der Waals surface area contributed by atoms with Crippen molar-refractivity contribution in [1.82, 2.24) is 19.4 Å². The summed E-state index contributed by atoms with van der Waals surface area (Å²) in [4.78, 5) is 37.1. The first-order chi connectivity index (χ1) is 13.4. The normalized spacial score (nSPS) is 12.0. The molecule has 0 radical (unpaired) electrons. The van der Waals surface area contributed by atoms with Gasteiger partial charge in [0.1, 0.15) is 17.8 Å². The first-order valence-corrected chi connectivity index (χ1v) is 8.57. The number of nitrogens with two attached hydrogens (primary N) is 1. The molecule has 10 heteroatoms. The van der Waals surface area contributed by atoms with Crippen molar-refractivity contribution in [3.63, 3.8) is 0 Å². The van der Waals surface area contributed by atoms with Gasteiger partial charge in [0.05, 0.1) is 29.8 Å². The number of carbonyl (C=O) groups is 2. The van der Waals surface area contributed by atoms with E-state index in [0.29, 0.717) is 30.8 Å². The van der Waals surface area contributed by atoms with Gasteiger partial charge in [0.25, 0.3) is 5.91 Å². The SMILES string of the molecule is Cc1cn2cc(NC(=O)c3cnc(N(C)CCC(N)C=O)cn3)cc(F)c2n1. The van der Waals surface area contributed by atoms with Crippen LogP contribution in [0, 0.1) is 12.7 Å². The number of hydrogen-bond donors (Lipinski definition) is 2. The zero-order valence-electron chi connectivity index (χ0n) is 15.5. The van der Waals surface area contributed by atoms with Crippen LogP contribution in [0.2, 0.25) is 0 Å². The van der Waals surface area contributed by atoms with Gasteiger partial charge in [-0.05, 0) is 13.3 Å². The van der Waals surface area contributed by atoms with Crippen LogP contribution in [0.1, 0.15) is 22.6 Å². The molecule has 1 atom stereocenters. The van der Waals surface area contributed by atoms with E-state index in [-0.39, 0.29) is 17.0 Å². The number of carbonyl (C=O) groups excluding carboxylic acids is 2. The molecule has 1 unspecified atom stereocenters. The number of anilines is 2. The second-order valence-electron chi connectivity index (χ2n) is 6.41. The maximum absolute atomic E-state index is 14.1. The number of aldehydes is 1. The molecule has 0 bridgehead atoms. The van der Waals surface area contributed by atoms with Crippen LogP contribution in [0.4, 0.5) is 15.9 Å². The van der Waals surface area contributed by atoms with Crippen molar-refractivity contribution in [1.29, 1.82) is 0 Å². The van der Waals surface area contributed by atoms with E-state index in [9.17, 15) is 14.0 Å². The molecule has 3 aromatic rings. The van der Waals surface area contributed by atoms with Crippen LogP contribution in [0.15, 0.2) is 30.9 Å². The second-order valence-corrected chi connectivity index (χ2v) is 6.41. The molecule has 0 aromatic carbocycles. The van der Waals surface area contributed by atoms with E-state index in [1.807, 2.05) is 0 Å². The molecule has 146 valence electrons. The zero-order valence-corrected chi connectivity index (χ0v) is 15.5. The number of amides is 1. The summed E-state index contributed by atoms with van der Waals surface area (Å²) in [6.07, 6.45) is 7.18. The average Bonchev–Trinajstić information content (AvgIpc) is 3.06. The van der Waals surface area contributed by atoms with Gasteiger partial charge in [-0.15, -0.1) is 0 Å². The Bertz CT molecular complexity index is 1000. The number of halogens is 1. The molecule has 1 amide bonds. The smallest absolute Gasteiger partial charge is 0.275 e. The molecule has 0 aliphatic rings. The van der Waals surface area contributed by atoms with E-state index in [4.69, 9.17) is 5.73 Å². The second kappa shape index (κ2) is 8.09. The lowest BCUT2D eigenvalue weighted by Gasteiger charge is -2.18. The number of aryl methyl sites for hydroxylation is 1. The van der Waals surface area contributed by atoms with E-state index >= 15 is 0 Å². The standard InChI is InChI=1S/C18H20FN7O2/c1-11-8-26-9-13(5-14(19)17(26)23-11)24-18(28)15-6-22-16(7-21-15)25(2)4-3-12(20)10-27/h5-10,12H,3-4,20H2,1-2H3,(H,24,28). The fourth-order valence-corrected chi connectivity index (χ4v) is 2.60. The molecule has 0 fully saturated rings. The molecule has 0 aliphatic heterocycles. The van der Waals surface area contributed by atoms with Gasteiger partial charge in [0.2, 0.25) is 0 Å². The highest BCUT2D eigenvalue weighted by Gasteiger charge is 2.13. The molecule has 28 heavy (non-hydrogen) atoms. The molecule has 0 spiro atoms. The largest absolute Gasteiger partial charge is 0.358 e. The molecular formula is C18H20FN7O2. The van der Waals surface area contributed by atoms with Crippen molar-refractivity contribution in [2.24, 2.45) is 5.73 Å². The number of nitrogens with one attached hydrogen (secondary N) is 1. The summed E-state index contributed by atoms with van der Waals surface area (Å²) in [5, 5.41) is 2.60. The lowest BCUT2D eigenvalue weighted by atomic mass is 10.2. The van der Waals surface area contributed by atoms with Gasteiger partial charge < -0.3 is 25.1 Å². The Labute approximate surface area is 160 Å². The number of rotatable bonds is 7. The fourth-order valence-electron chi connectivity index (χ4n) is 2.60. The van der Waals surface area contributed by atoms with Gasteiger partial charge in [-0.1, -0.05) is 0 Å². The van der Waals surface area contributed by atoms with Crippen LogP contribution >= 0.6 is 0 Å². The number of pyridine rings is 1. The maximum Gasteiger partial charge on any atom is 0.275 e. The Morgan fingerprint density at radius 1 is 1.39 bits per heavy atom. The summed E-state index contributed by atoms with van der Waals surface area (Å²) < 4.78 is 15.6. The highest BCUT2D eigenvalue weighted by molar-refractivity contribution is 6.02. The minimum Gasteiger partial charge on any atom is -0.358 e. The Hall–Kier alpha value is -3.40. The lowest BCUT2D eigenvalue weighted by Crippen LogP contribution is -2.29. The van der Waals surface area contributed by atoms with Gasteiger partial charge in [-0.25, -0.2) is 19.3 Å². The highest BCUT2D eigenvalue weighted by Crippen LogP contribution is 2.17. The minimum absolute atomic E-state index is 0.0871. The maximum atomic E-state index is 14.1. The molecular weight excluding hydrogens is 365 g/mol. The summed E-state index contributed by atoms with van der Waals surface area (Å²) in [5.74, 6) is -0.515. The number of hydrogen-bond acceptors (Lipinski definition) is 7. The van der Waals surface area contributed by atoms with E-state index < -0.39 is 17.8 Å². The molecule has 3 aromatic heterocycles. The number of nitrogens with zero attached hydrogens (tertiary/aromatic N) is 5. The molecule has 9 nitrogen and oxygen atoms in total. The third-order valence-electron chi connectivity index (χ3n) is 4.12. The van der Waals surface area contributed by atoms with Gasteiger partial charge in [-0.3, -0.25) is 4.79 Å². The Balaban J connectivity index is 1.68. The minimum atomic E-state index is -0.539.